The molecule has 1 rings (SSSR count). The van der Waals surface area contributed by atoms with E-state index in [1.807, 2.05) is 6.92 Å². The summed E-state index contributed by atoms with van der Waals surface area (Å²) in [6.07, 6.45) is 0. The zero-order valence-electron chi connectivity index (χ0n) is 5.79. The van der Waals surface area contributed by atoms with E-state index in [1.54, 1.807) is 4.68 Å². The highest BCUT2D eigenvalue weighted by atomic mass is 16.3. The van der Waals surface area contributed by atoms with Crippen LogP contribution in [-0.2, 0) is 6.54 Å². The summed E-state index contributed by atoms with van der Waals surface area (Å²) in [5.74, 6) is 0. The molecule has 0 radical (unpaired) electrons. The van der Waals surface area contributed by atoms with Gasteiger partial charge in [0.05, 0.1) is 13.2 Å². The molecule has 0 unspecified atom stereocenters. The minimum absolute atomic E-state index is 0.0471. The molecule has 0 saturated carbocycles. The van der Waals surface area contributed by atoms with Crippen molar-refractivity contribution in [2.75, 3.05) is 6.61 Å². The molecule has 1 aromatic heterocycles. The van der Waals surface area contributed by atoms with Crippen molar-refractivity contribution in [1.29, 1.82) is 0 Å². The third kappa shape index (κ3) is 1.27. The fourth-order valence-electron chi connectivity index (χ4n) is 0.853. The van der Waals surface area contributed by atoms with E-state index < -0.39 is 0 Å². The molecule has 0 amide bonds. The van der Waals surface area contributed by atoms with Crippen LogP contribution >= 0.6 is 0 Å². The molecular weight excluding hydrogens is 132 g/mol. The zero-order chi connectivity index (χ0) is 7.56. The van der Waals surface area contributed by atoms with Crippen molar-refractivity contribution in [2.45, 2.75) is 13.5 Å². The fourth-order valence-corrected chi connectivity index (χ4v) is 0.853. The Morgan fingerprint density at radius 1 is 1.80 bits per heavy atom. The topological polar surface area (TPSA) is 58.0 Å². The number of nitrogens with zero attached hydrogens (tertiary/aromatic N) is 1. The van der Waals surface area contributed by atoms with Crippen LogP contribution in [0.4, 0.5) is 0 Å². The highest BCUT2D eigenvalue weighted by molar-refractivity contribution is 4.96. The van der Waals surface area contributed by atoms with E-state index in [0.717, 1.165) is 5.69 Å². The molecule has 1 heterocycles. The first-order valence-corrected chi connectivity index (χ1v) is 3.11. The summed E-state index contributed by atoms with van der Waals surface area (Å²) in [6, 6.07) is 1.50. The highest BCUT2D eigenvalue weighted by Gasteiger charge is 1.95. The van der Waals surface area contributed by atoms with Crippen LogP contribution in [0.25, 0.3) is 0 Å². The predicted octanol–water partition coefficient (Wildman–Crippen LogP) is -0.523. The van der Waals surface area contributed by atoms with Crippen molar-refractivity contribution in [3.63, 3.8) is 0 Å². The van der Waals surface area contributed by atoms with Gasteiger partial charge in [-0.25, -0.2) is 0 Å². The molecule has 0 aliphatic heterocycles. The summed E-state index contributed by atoms with van der Waals surface area (Å²) in [6.45, 7) is 2.31. The minimum atomic E-state index is -0.119. The second-order valence-corrected chi connectivity index (χ2v) is 2.14. The zero-order valence-corrected chi connectivity index (χ0v) is 5.79. The van der Waals surface area contributed by atoms with Crippen LogP contribution in [0, 0.1) is 6.92 Å². The van der Waals surface area contributed by atoms with Crippen molar-refractivity contribution >= 4 is 0 Å². The Labute approximate surface area is 58.1 Å². The van der Waals surface area contributed by atoms with Crippen molar-refractivity contribution in [1.82, 2.24) is 9.78 Å². The van der Waals surface area contributed by atoms with Crippen molar-refractivity contribution < 1.29 is 5.11 Å². The highest BCUT2D eigenvalue weighted by Crippen LogP contribution is 1.89. The van der Waals surface area contributed by atoms with Gasteiger partial charge in [-0.3, -0.25) is 14.6 Å². The lowest BCUT2D eigenvalue weighted by atomic mass is 10.5. The molecule has 0 aliphatic carbocycles. The second kappa shape index (κ2) is 2.70. The summed E-state index contributed by atoms with van der Waals surface area (Å²) in [4.78, 5) is 10.6. The number of hydrogen-bond acceptors (Lipinski definition) is 2. The van der Waals surface area contributed by atoms with Crippen LogP contribution in [0.3, 0.4) is 0 Å². The first kappa shape index (κ1) is 7.08. The molecular formula is C6H10N2O2. The average Bonchev–Trinajstić information content (AvgIpc) is 2.13. The number of aliphatic hydroxyl groups is 1. The van der Waals surface area contributed by atoms with E-state index in [2.05, 4.69) is 5.10 Å². The van der Waals surface area contributed by atoms with Gasteiger partial charge in [-0.15, -0.1) is 0 Å². The maximum Gasteiger partial charge on any atom is 0.264 e. The Bertz CT molecular complexity index is 261. The summed E-state index contributed by atoms with van der Waals surface area (Å²) in [7, 11) is 0. The quantitative estimate of drug-likeness (QED) is 0.583. The molecule has 1 aromatic rings. The normalized spacial score (nSPS) is 10.2. The predicted molar refractivity (Wildman–Crippen MR) is 36.9 cm³/mol. The fraction of sp³-hybridized carbons (Fsp3) is 0.500. The third-order valence-electron chi connectivity index (χ3n) is 1.33. The molecule has 0 spiro atoms. The number of nitrogens with one attached hydrogen (secondary N) is 1. The van der Waals surface area contributed by atoms with Crippen molar-refractivity contribution in [3.8, 4) is 0 Å². The van der Waals surface area contributed by atoms with Crippen LogP contribution in [-0.4, -0.2) is 21.5 Å². The summed E-state index contributed by atoms with van der Waals surface area (Å²) in [5.41, 5.74) is 0.727. The van der Waals surface area contributed by atoms with Gasteiger partial charge in [0.2, 0.25) is 0 Å². The first-order valence-electron chi connectivity index (χ1n) is 3.11. The summed E-state index contributed by atoms with van der Waals surface area (Å²) < 4.78 is 1.61. The third-order valence-corrected chi connectivity index (χ3v) is 1.33. The molecule has 56 valence electrons. The smallest absolute Gasteiger partial charge is 0.264 e. The number of aromatic nitrogens is 2. The van der Waals surface area contributed by atoms with Crippen molar-refractivity contribution in [3.05, 3.63) is 22.1 Å². The van der Waals surface area contributed by atoms with Gasteiger partial charge in [0.25, 0.3) is 5.56 Å². The summed E-state index contributed by atoms with van der Waals surface area (Å²) in [5, 5.41) is 11.1. The number of rotatable bonds is 2. The van der Waals surface area contributed by atoms with Crippen molar-refractivity contribution in [2.24, 2.45) is 0 Å². The van der Waals surface area contributed by atoms with Gasteiger partial charge in [0.15, 0.2) is 0 Å². The standard InChI is InChI=1S/C6H10N2O2/c1-5-4-6(10)7-8(5)2-3-9/h4,9H,2-3H2,1H3,(H,7,10). The van der Waals surface area contributed by atoms with Crippen LogP contribution in [0.2, 0.25) is 0 Å². The monoisotopic (exact) mass is 142 g/mol. The molecule has 0 atom stereocenters. The van der Waals surface area contributed by atoms with Crippen LogP contribution < -0.4 is 5.56 Å². The number of hydrogen-bond donors (Lipinski definition) is 2. The van der Waals surface area contributed by atoms with E-state index >= 15 is 0 Å². The van der Waals surface area contributed by atoms with Crippen LogP contribution in [0.5, 0.6) is 0 Å². The molecule has 0 aromatic carbocycles. The molecule has 0 aliphatic rings. The molecule has 4 nitrogen and oxygen atoms in total. The maximum atomic E-state index is 10.6. The Kier molecular flexibility index (Phi) is 1.91. The lowest BCUT2D eigenvalue weighted by Gasteiger charge is -1.99. The second-order valence-electron chi connectivity index (χ2n) is 2.14. The summed E-state index contributed by atoms with van der Waals surface area (Å²) >= 11 is 0. The number of aromatic amines is 1. The number of aliphatic hydroxyl groups excluding tert-OH is 1. The molecule has 0 fully saturated rings. The van der Waals surface area contributed by atoms with Gasteiger partial charge < -0.3 is 5.11 Å². The van der Waals surface area contributed by atoms with E-state index in [0.29, 0.717) is 6.54 Å². The molecule has 2 N–H and O–H groups in total. The van der Waals surface area contributed by atoms with Gasteiger partial charge in [-0.2, -0.15) is 0 Å². The lowest BCUT2D eigenvalue weighted by molar-refractivity contribution is 0.267. The first-order chi connectivity index (χ1) is 4.74. The Balaban J connectivity index is 2.92. The number of aryl methyl sites for hydroxylation is 1. The molecule has 10 heavy (non-hydrogen) atoms. The Morgan fingerprint density at radius 3 is 2.90 bits per heavy atom. The van der Waals surface area contributed by atoms with Crippen LogP contribution in [0.15, 0.2) is 10.9 Å². The largest absolute Gasteiger partial charge is 0.394 e. The van der Waals surface area contributed by atoms with Gasteiger partial charge in [0, 0.05) is 11.8 Å². The Hall–Kier alpha value is -1.03. The van der Waals surface area contributed by atoms with Gasteiger partial charge in [-0.1, -0.05) is 0 Å². The average molecular weight is 142 g/mol. The van der Waals surface area contributed by atoms with Gasteiger partial charge >= 0.3 is 0 Å². The van der Waals surface area contributed by atoms with E-state index in [9.17, 15) is 4.79 Å². The molecule has 0 saturated heterocycles. The molecule has 4 heteroatoms. The number of H-pyrrole nitrogens is 1. The van der Waals surface area contributed by atoms with Gasteiger partial charge in [-0.05, 0) is 6.92 Å². The maximum absolute atomic E-state index is 10.6. The lowest BCUT2D eigenvalue weighted by Crippen LogP contribution is -2.08. The van der Waals surface area contributed by atoms with Gasteiger partial charge in [0.1, 0.15) is 0 Å². The Morgan fingerprint density at radius 2 is 2.50 bits per heavy atom. The van der Waals surface area contributed by atoms with E-state index in [1.165, 1.54) is 6.07 Å². The van der Waals surface area contributed by atoms with E-state index in [4.69, 9.17) is 5.11 Å². The SMILES string of the molecule is Cc1cc(=O)[nH]n1CCO. The minimum Gasteiger partial charge on any atom is -0.394 e. The van der Waals surface area contributed by atoms with Crippen LogP contribution in [0.1, 0.15) is 5.69 Å². The molecule has 0 bridgehead atoms. The van der Waals surface area contributed by atoms with E-state index in [-0.39, 0.29) is 12.2 Å².